The summed E-state index contributed by atoms with van der Waals surface area (Å²) in [6.45, 7) is 5.89. The first kappa shape index (κ1) is 25.5. The van der Waals surface area contributed by atoms with E-state index in [2.05, 4.69) is 15.2 Å². The van der Waals surface area contributed by atoms with Crippen LogP contribution in [-0.2, 0) is 14.3 Å². The SMILES string of the molecule is CCOC(=O)C1CCN(C(=NC)NCCCCCOC2CCCCC2)CC1.I. The number of carbonyl (C=O) groups excluding carboxylic acids is 1. The van der Waals surface area contributed by atoms with Gasteiger partial charge in [0.2, 0.25) is 0 Å². The van der Waals surface area contributed by atoms with E-state index in [-0.39, 0.29) is 35.9 Å². The van der Waals surface area contributed by atoms with Gasteiger partial charge in [-0.2, -0.15) is 0 Å². The van der Waals surface area contributed by atoms with Crippen LogP contribution in [0.3, 0.4) is 0 Å². The molecular weight excluding hydrogens is 469 g/mol. The van der Waals surface area contributed by atoms with Crippen LogP contribution in [0.25, 0.3) is 0 Å². The van der Waals surface area contributed by atoms with Gasteiger partial charge < -0.3 is 19.7 Å². The predicted octanol–water partition coefficient (Wildman–Crippen LogP) is 3.97. The lowest BCUT2D eigenvalue weighted by Gasteiger charge is -2.33. The number of nitrogens with zero attached hydrogens (tertiary/aromatic N) is 2. The summed E-state index contributed by atoms with van der Waals surface area (Å²) < 4.78 is 11.1. The first-order valence-corrected chi connectivity index (χ1v) is 11.0. The van der Waals surface area contributed by atoms with Crippen LogP contribution < -0.4 is 5.32 Å². The van der Waals surface area contributed by atoms with Crippen LogP contribution in [0, 0.1) is 5.92 Å². The molecule has 2 rings (SSSR count). The molecule has 0 radical (unpaired) electrons. The molecule has 7 heteroatoms. The van der Waals surface area contributed by atoms with Crippen molar-refractivity contribution in [2.75, 3.05) is 39.9 Å². The lowest BCUT2D eigenvalue weighted by Crippen LogP contribution is -2.46. The summed E-state index contributed by atoms with van der Waals surface area (Å²) in [7, 11) is 1.83. The molecule has 1 aliphatic heterocycles. The highest BCUT2D eigenvalue weighted by atomic mass is 127. The first-order chi connectivity index (χ1) is 13.2. The maximum atomic E-state index is 11.8. The van der Waals surface area contributed by atoms with Crippen molar-refractivity contribution in [1.29, 1.82) is 0 Å². The largest absolute Gasteiger partial charge is 0.466 e. The Labute approximate surface area is 188 Å². The Balaban J connectivity index is 0.00000392. The number of likely N-dealkylation sites (tertiary alicyclic amines) is 1. The Morgan fingerprint density at radius 3 is 2.43 bits per heavy atom. The van der Waals surface area contributed by atoms with Gasteiger partial charge >= 0.3 is 5.97 Å². The van der Waals surface area contributed by atoms with Crippen molar-refractivity contribution in [1.82, 2.24) is 10.2 Å². The predicted molar refractivity (Wildman–Crippen MR) is 124 cm³/mol. The molecule has 0 aromatic carbocycles. The van der Waals surface area contributed by atoms with Crippen LogP contribution >= 0.6 is 24.0 Å². The zero-order chi connectivity index (χ0) is 19.3. The van der Waals surface area contributed by atoms with Gasteiger partial charge in [-0.25, -0.2) is 0 Å². The van der Waals surface area contributed by atoms with Gasteiger partial charge in [0, 0.05) is 33.3 Å². The van der Waals surface area contributed by atoms with Crippen LogP contribution in [0.15, 0.2) is 4.99 Å². The average molecular weight is 509 g/mol. The highest BCUT2D eigenvalue weighted by molar-refractivity contribution is 14.0. The Kier molecular flexibility index (Phi) is 13.9. The van der Waals surface area contributed by atoms with Gasteiger partial charge in [0.1, 0.15) is 0 Å². The summed E-state index contributed by atoms with van der Waals surface area (Å²) in [5.74, 6) is 0.953. The van der Waals surface area contributed by atoms with Crippen molar-refractivity contribution in [3.63, 3.8) is 0 Å². The van der Waals surface area contributed by atoms with Crippen molar-refractivity contribution in [2.24, 2.45) is 10.9 Å². The van der Waals surface area contributed by atoms with Gasteiger partial charge in [-0.1, -0.05) is 19.3 Å². The monoisotopic (exact) mass is 509 g/mol. The second kappa shape index (κ2) is 15.3. The number of hydrogen-bond acceptors (Lipinski definition) is 4. The second-order valence-electron chi connectivity index (χ2n) is 7.68. The van der Waals surface area contributed by atoms with E-state index in [1.54, 1.807) is 0 Å². The molecule has 2 aliphatic rings. The number of piperidine rings is 1. The molecule has 0 aromatic heterocycles. The van der Waals surface area contributed by atoms with E-state index in [1.807, 2.05) is 14.0 Å². The van der Waals surface area contributed by atoms with E-state index in [0.29, 0.717) is 12.7 Å². The van der Waals surface area contributed by atoms with E-state index in [1.165, 1.54) is 38.5 Å². The number of rotatable bonds is 9. The highest BCUT2D eigenvalue weighted by Crippen LogP contribution is 2.20. The molecule has 0 bridgehead atoms. The quantitative estimate of drug-likeness (QED) is 0.168. The molecule has 2 fully saturated rings. The Bertz CT molecular complexity index is 448. The van der Waals surface area contributed by atoms with Crippen LogP contribution in [-0.4, -0.2) is 62.8 Å². The van der Waals surface area contributed by atoms with Gasteiger partial charge in [-0.15, -0.1) is 24.0 Å². The molecule has 6 nitrogen and oxygen atoms in total. The van der Waals surface area contributed by atoms with Crippen LogP contribution in [0.4, 0.5) is 0 Å². The summed E-state index contributed by atoms with van der Waals surface area (Å²) in [6.07, 6.45) is 12.2. The minimum atomic E-state index is -0.0458. The topological polar surface area (TPSA) is 63.2 Å². The summed E-state index contributed by atoms with van der Waals surface area (Å²) >= 11 is 0. The van der Waals surface area contributed by atoms with E-state index < -0.39 is 0 Å². The zero-order valence-corrected chi connectivity index (χ0v) is 20.1. The minimum absolute atomic E-state index is 0. The third-order valence-electron chi connectivity index (χ3n) is 5.64. The third kappa shape index (κ3) is 9.29. The Morgan fingerprint density at radius 2 is 1.79 bits per heavy atom. The molecule has 0 unspecified atom stereocenters. The van der Waals surface area contributed by atoms with Crippen molar-refractivity contribution in [3.05, 3.63) is 0 Å². The van der Waals surface area contributed by atoms with Crippen molar-refractivity contribution in [3.8, 4) is 0 Å². The lowest BCUT2D eigenvalue weighted by atomic mass is 9.97. The smallest absolute Gasteiger partial charge is 0.309 e. The average Bonchev–Trinajstić information content (AvgIpc) is 2.71. The lowest BCUT2D eigenvalue weighted by molar-refractivity contribution is -0.149. The third-order valence-corrected chi connectivity index (χ3v) is 5.64. The number of unbranched alkanes of at least 4 members (excludes halogenated alkanes) is 2. The minimum Gasteiger partial charge on any atom is -0.466 e. The molecule has 0 aromatic rings. The van der Waals surface area contributed by atoms with Gasteiger partial charge in [0.15, 0.2) is 5.96 Å². The molecule has 0 atom stereocenters. The fraction of sp³-hybridized carbons (Fsp3) is 0.905. The fourth-order valence-corrected chi connectivity index (χ4v) is 4.01. The summed E-state index contributed by atoms with van der Waals surface area (Å²) in [5.41, 5.74) is 0. The fourth-order valence-electron chi connectivity index (χ4n) is 4.01. The molecule has 1 saturated carbocycles. The molecule has 1 saturated heterocycles. The number of ether oxygens (including phenoxy) is 2. The van der Waals surface area contributed by atoms with E-state index in [4.69, 9.17) is 9.47 Å². The number of aliphatic imine (C=N–C) groups is 1. The molecule has 1 N–H and O–H groups in total. The summed E-state index contributed by atoms with van der Waals surface area (Å²) in [5, 5.41) is 3.47. The molecule has 1 heterocycles. The van der Waals surface area contributed by atoms with Gasteiger partial charge in [0.25, 0.3) is 0 Å². The van der Waals surface area contributed by atoms with Crippen molar-refractivity contribution < 1.29 is 14.3 Å². The summed E-state index contributed by atoms with van der Waals surface area (Å²) in [4.78, 5) is 18.5. The summed E-state index contributed by atoms with van der Waals surface area (Å²) in [6, 6.07) is 0. The number of nitrogens with one attached hydrogen (secondary N) is 1. The highest BCUT2D eigenvalue weighted by Gasteiger charge is 2.27. The molecular formula is C21H40IN3O3. The normalized spacial score (nSPS) is 19.2. The molecule has 164 valence electrons. The molecule has 0 spiro atoms. The van der Waals surface area contributed by atoms with Gasteiger partial charge in [-0.3, -0.25) is 9.79 Å². The standard InChI is InChI=1S/C21H39N3O3.HI/c1-3-26-20(25)18-12-15-24(16-13-18)21(22-2)23-14-8-5-9-17-27-19-10-6-4-7-11-19;/h18-19H,3-17H2,1-2H3,(H,22,23);1H. The Hall–Kier alpha value is -0.570. The number of carbonyl (C=O) groups is 1. The number of halogens is 1. The van der Waals surface area contributed by atoms with Crippen LogP contribution in [0.5, 0.6) is 0 Å². The Morgan fingerprint density at radius 1 is 1.07 bits per heavy atom. The molecule has 28 heavy (non-hydrogen) atoms. The van der Waals surface area contributed by atoms with Gasteiger partial charge in [0.05, 0.1) is 18.6 Å². The van der Waals surface area contributed by atoms with Crippen molar-refractivity contribution >= 4 is 35.9 Å². The maximum absolute atomic E-state index is 11.8. The molecule has 1 aliphatic carbocycles. The van der Waals surface area contributed by atoms with Crippen molar-refractivity contribution in [2.45, 2.75) is 77.2 Å². The van der Waals surface area contributed by atoms with E-state index in [9.17, 15) is 4.79 Å². The van der Waals surface area contributed by atoms with E-state index >= 15 is 0 Å². The zero-order valence-electron chi connectivity index (χ0n) is 17.8. The first-order valence-electron chi connectivity index (χ1n) is 11.0. The molecule has 0 amide bonds. The van der Waals surface area contributed by atoms with Crippen LogP contribution in [0.1, 0.15) is 71.1 Å². The number of hydrogen-bond donors (Lipinski definition) is 1. The van der Waals surface area contributed by atoms with E-state index in [0.717, 1.165) is 57.9 Å². The second-order valence-corrected chi connectivity index (χ2v) is 7.68. The van der Waals surface area contributed by atoms with Crippen LogP contribution in [0.2, 0.25) is 0 Å². The maximum Gasteiger partial charge on any atom is 0.309 e. The number of guanidine groups is 1. The van der Waals surface area contributed by atoms with Gasteiger partial charge in [-0.05, 0) is 51.9 Å². The number of esters is 1.